The highest BCUT2D eigenvalue weighted by Crippen LogP contribution is 2.25. The number of aromatic nitrogens is 2. The van der Waals surface area contributed by atoms with E-state index in [9.17, 15) is 12.8 Å². The van der Waals surface area contributed by atoms with Gasteiger partial charge in [0.25, 0.3) is 0 Å². The van der Waals surface area contributed by atoms with Crippen LogP contribution >= 0.6 is 0 Å². The van der Waals surface area contributed by atoms with Gasteiger partial charge in [-0.1, -0.05) is 0 Å². The molecule has 0 bridgehead atoms. The van der Waals surface area contributed by atoms with Crippen LogP contribution in [0.25, 0.3) is 0 Å². The van der Waals surface area contributed by atoms with Crippen molar-refractivity contribution in [2.24, 2.45) is 0 Å². The molecule has 0 aliphatic rings. The Bertz CT molecular complexity index is 825. The molecule has 0 saturated heterocycles. The van der Waals surface area contributed by atoms with E-state index in [1.54, 1.807) is 13.3 Å². The Balaban J connectivity index is 2.34. The van der Waals surface area contributed by atoms with Crippen LogP contribution in [0.15, 0.2) is 29.6 Å². The van der Waals surface area contributed by atoms with E-state index in [0.29, 0.717) is 11.4 Å². The molecule has 2 aromatic rings. The van der Waals surface area contributed by atoms with Crippen molar-refractivity contribution in [3.63, 3.8) is 0 Å². The maximum absolute atomic E-state index is 13.2. The molecule has 23 heavy (non-hydrogen) atoms. The monoisotopic (exact) mass is 339 g/mol. The number of sulfonamides is 1. The molecule has 2 heterocycles. The van der Waals surface area contributed by atoms with Crippen LogP contribution < -0.4 is 4.74 Å². The zero-order valence-electron chi connectivity index (χ0n) is 13.4. The lowest BCUT2D eigenvalue weighted by Crippen LogP contribution is -2.27. The first kappa shape index (κ1) is 17.3. The van der Waals surface area contributed by atoms with Crippen LogP contribution in [0.3, 0.4) is 0 Å². The first-order valence-corrected chi connectivity index (χ1v) is 8.27. The summed E-state index contributed by atoms with van der Waals surface area (Å²) in [5, 5.41) is 0. The molecule has 2 aromatic heterocycles. The summed E-state index contributed by atoms with van der Waals surface area (Å²) < 4.78 is 44.6. The highest BCUT2D eigenvalue weighted by atomic mass is 32.2. The Morgan fingerprint density at radius 3 is 2.57 bits per heavy atom. The third-order valence-corrected chi connectivity index (χ3v) is 5.28. The standard InChI is InChI=1S/C15H18FN3O3S/c1-10-6-18-14(11(2)15(10)22-4)9-19(3)23(20,21)13-5-12(16)7-17-8-13/h5-8H,9H2,1-4H3. The second-order valence-electron chi connectivity index (χ2n) is 5.15. The lowest BCUT2D eigenvalue weighted by molar-refractivity contribution is 0.404. The van der Waals surface area contributed by atoms with Crippen LogP contribution in [0.1, 0.15) is 16.8 Å². The number of hydrogen-bond donors (Lipinski definition) is 0. The Morgan fingerprint density at radius 1 is 1.26 bits per heavy atom. The van der Waals surface area contributed by atoms with Crippen LogP contribution in [0.4, 0.5) is 4.39 Å². The van der Waals surface area contributed by atoms with E-state index in [4.69, 9.17) is 4.74 Å². The lowest BCUT2D eigenvalue weighted by Gasteiger charge is -2.19. The fourth-order valence-corrected chi connectivity index (χ4v) is 3.35. The fraction of sp³-hybridized carbons (Fsp3) is 0.333. The van der Waals surface area contributed by atoms with Crippen molar-refractivity contribution in [3.05, 3.63) is 47.3 Å². The zero-order chi connectivity index (χ0) is 17.2. The van der Waals surface area contributed by atoms with E-state index in [-0.39, 0.29) is 11.4 Å². The summed E-state index contributed by atoms with van der Waals surface area (Å²) in [6.45, 7) is 3.72. The van der Waals surface area contributed by atoms with Gasteiger partial charge in [0.1, 0.15) is 16.5 Å². The van der Waals surface area contributed by atoms with E-state index >= 15 is 0 Å². The van der Waals surface area contributed by atoms with Gasteiger partial charge in [-0.25, -0.2) is 12.8 Å². The third kappa shape index (κ3) is 3.48. The molecule has 6 nitrogen and oxygen atoms in total. The summed E-state index contributed by atoms with van der Waals surface area (Å²) in [5.41, 5.74) is 2.21. The molecule has 0 unspecified atom stereocenters. The second-order valence-corrected chi connectivity index (χ2v) is 7.19. The average Bonchev–Trinajstić information content (AvgIpc) is 2.50. The number of nitrogens with zero attached hydrogens (tertiary/aromatic N) is 3. The quantitative estimate of drug-likeness (QED) is 0.834. The lowest BCUT2D eigenvalue weighted by atomic mass is 10.1. The van der Waals surface area contributed by atoms with Gasteiger partial charge in [-0.15, -0.1) is 0 Å². The van der Waals surface area contributed by atoms with Crippen molar-refractivity contribution in [2.45, 2.75) is 25.3 Å². The molecule has 0 spiro atoms. The molecule has 2 rings (SSSR count). The average molecular weight is 339 g/mol. The van der Waals surface area contributed by atoms with E-state index in [1.165, 1.54) is 7.05 Å². The number of ether oxygens (including phenoxy) is 1. The van der Waals surface area contributed by atoms with Gasteiger partial charge in [-0.2, -0.15) is 4.31 Å². The van der Waals surface area contributed by atoms with Crippen molar-refractivity contribution < 1.29 is 17.5 Å². The number of rotatable bonds is 5. The minimum atomic E-state index is -3.86. The highest BCUT2D eigenvalue weighted by Gasteiger charge is 2.23. The van der Waals surface area contributed by atoms with Gasteiger partial charge in [-0.3, -0.25) is 9.97 Å². The molecule has 0 amide bonds. The van der Waals surface area contributed by atoms with Crippen LogP contribution in [0, 0.1) is 19.7 Å². The van der Waals surface area contributed by atoms with E-state index in [2.05, 4.69) is 9.97 Å². The molecule has 0 radical (unpaired) electrons. The number of halogens is 1. The molecular weight excluding hydrogens is 321 g/mol. The Morgan fingerprint density at radius 2 is 1.96 bits per heavy atom. The smallest absolute Gasteiger partial charge is 0.244 e. The molecule has 0 aliphatic carbocycles. The Hall–Kier alpha value is -2.06. The maximum atomic E-state index is 13.2. The van der Waals surface area contributed by atoms with E-state index in [0.717, 1.165) is 33.9 Å². The molecule has 124 valence electrons. The molecule has 0 saturated carbocycles. The van der Waals surface area contributed by atoms with Crippen molar-refractivity contribution in [1.29, 1.82) is 0 Å². The second kappa shape index (κ2) is 6.59. The molecule has 0 atom stereocenters. The molecule has 0 N–H and O–H groups in total. The van der Waals surface area contributed by atoms with Crippen LogP contribution in [-0.4, -0.2) is 36.8 Å². The Kier molecular flexibility index (Phi) is 4.96. The predicted molar refractivity (Wildman–Crippen MR) is 83.1 cm³/mol. The van der Waals surface area contributed by atoms with Crippen molar-refractivity contribution in [2.75, 3.05) is 14.2 Å². The number of methoxy groups -OCH3 is 1. The highest BCUT2D eigenvalue weighted by molar-refractivity contribution is 7.89. The fourth-order valence-electron chi connectivity index (χ4n) is 2.24. The summed E-state index contributed by atoms with van der Waals surface area (Å²) in [6, 6.07) is 0.939. The largest absolute Gasteiger partial charge is 0.496 e. The zero-order valence-corrected chi connectivity index (χ0v) is 14.2. The van der Waals surface area contributed by atoms with Crippen LogP contribution in [0.2, 0.25) is 0 Å². The van der Waals surface area contributed by atoms with E-state index in [1.807, 2.05) is 13.8 Å². The van der Waals surface area contributed by atoms with Gasteiger partial charge in [0, 0.05) is 30.6 Å². The van der Waals surface area contributed by atoms with Crippen LogP contribution in [-0.2, 0) is 16.6 Å². The third-order valence-electron chi connectivity index (χ3n) is 3.51. The number of hydrogen-bond acceptors (Lipinski definition) is 5. The summed E-state index contributed by atoms with van der Waals surface area (Å²) in [6.07, 6.45) is 3.70. The number of aryl methyl sites for hydroxylation is 1. The molecule has 8 heteroatoms. The van der Waals surface area contributed by atoms with Crippen LogP contribution in [0.5, 0.6) is 5.75 Å². The van der Waals surface area contributed by atoms with Gasteiger partial charge in [-0.05, 0) is 19.9 Å². The van der Waals surface area contributed by atoms with Gasteiger partial charge in [0.05, 0.1) is 25.5 Å². The SMILES string of the molecule is COc1c(C)cnc(CN(C)S(=O)(=O)c2cncc(F)c2)c1C. The molecular formula is C15H18FN3O3S. The van der Waals surface area contributed by atoms with Gasteiger partial charge in [0.15, 0.2) is 0 Å². The summed E-state index contributed by atoms with van der Waals surface area (Å²) in [4.78, 5) is 7.66. The summed E-state index contributed by atoms with van der Waals surface area (Å²) in [7, 11) is -0.892. The van der Waals surface area contributed by atoms with Gasteiger partial charge >= 0.3 is 0 Å². The predicted octanol–water partition coefficient (Wildman–Crippen LogP) is 2.06. The topological polar surface area (TPSA) is 72.4 Å². The van der Waals surface area contributed by atoms with Gasteiger partial charge in [0.2, 0.25) is 10.0 Å². The van der Waals surface area contributed by atoms with Gasteiger partial charge < -0.3 is 4.74 Å². The maximum Gasteiger partial charge on any atom is 0.244 e. The Labute approximate surface area is 135 Å². The number of pyridine rings is 2. The van der Waals surface area contributed by atoms with Crippen molar-refractivity contribution in [3.8, 4) is 5.75 Å². The minimum absolute atomic E-state index is 0.0430. The molecule has 0 fully saturated rings. The van der Waals surface area contributed by atoms with Crippen molar-refractivity contribution >= 4 is 10.0 Å². The van der Waals surface area contributed by atoms with E-state index < -0.39 is 15.8 Å². The molecule has 0 aliphatic heterocycles. The normalized spacial score (nSPS) is 11.7. The first-order valence-electron chi connectivity index (χ1n) is 6.83. The summed E-state index contributed by atoms with van der Waals surface area (Å²) in [5.74, 6) is -0.0287. The molecule has 0 aromatic carbocycles. The van der Waals surface area contributed by atoms with Crippen molar-refractivity contribution in [1.82, 2.24) is 14.3 Å². The summed E-state index contributed by atoms with van der Waals surface area (Å²) >= 11 is 0. The first-order chi connectivity index (χ1) is 10.8. The minimum Gasteiger partial charge on any atom is -0.496 e.